The minimum absolute atomic E-state index is 0.174. The second-order valence-corrected chi connectivity index (χ2v) is 9.74. The van der Waals surface area contributed by atoms with Crippen LogP contribution in [0.4, 0.5) is 5.69 Å². The van der Waals surface area contributed by atoms with Crippen LogP contribution in [0, 0.1) is 11.8 Å². The first-order valence-corrected chi connectivity index (χ1v) is 11.7. The van der Waals surface area contributed by atoms with Gasteiger partial charge in [-0.3, -0.25) is 9.59 Å². The Kier molecular flexibility index (Phi) is 4.63. The lowest BCUT2D eigenvalue weighted by molar-refractivity contribution is -0.168. The van der Waals surface area contributed by atoms with Crippen molar-refractivity contribution in [1.82, 2.24) is 0 Å². The van der Waals surface area contributed by atoms with Gasteiger partial charge in [0.2, 0.25) is 11.8 Å². The molecule has 0 unspecified atom stereocenters. The van der Waals surface area contributed by atoms with Gasteiger partial charge in [0.1, 0.15) is 0 Å². The summed E-state index contributed by atoms with van der Waals surface area (Å²) in [6.45, 7) is 0. The molecule has 1 saturated heterocycles. The van der Waals surface area contributed by atoms with Gasteiger partial charge in [0.25, 0.3) is 0 Å². The van der Waals surface area contributed by atoms with E-state index in [0.717, 1.165) is 26.7 Å². The number of methoxy groups -OCH3 is 2. The van der Waals surface area contributed by atoms with Gasteiger partial charge in [-0.1, -0.05) is 70.5 Å². The van der Waals surface area contributed by atoms with Gasteiger partial charge in [-0.15, -0.1) is 0 Å². The Morgan fingerprint density at radius 2 is 1.45 bits per heavy atom. The highest BCUT2D eigenvalue weighted by Crippen LogP contribution is 2.65. The number of rotatable bonds is 4. The van der Waals surface area contributed by atoms with Crippen molar-refractivity contribution >= 4 is 33.4 Å². The van der Waals surface area contributed by atoms with E-state index in [1.54, 1.807) is 20.3 Å². The van der Waals surface area contributed by atoms with Crippen LogP contribution < -0.4 is 4.90 Å². The van der Waals surface area contributed by atoms with Crippen molar-refractivity contribution in [3.05, 3.63) is 99.5 Å². The molecule has 0 radical (unpaired) electrons. The third kappa shape index (κ3) is 2.49. The Labute approximate surface area is 200 Å². The van der Waals surface area contributed by atoms with Crippen molar-refractivity contribution in [3.8, 4) is 0 Å². The van der Waals surface area contributed by atoms with E-state index in [1.165, 1.54) is 4.90 Å². The Morgan fingerprint density at radius 1 is 0.848 bits per heavy atom. The fraction of sp³-hybridized carbons (Fsp3) is 0.259. The summed E-state index contributed by atoms with van der Waals surface area (Å²) in [5.74, 6) is -1.76. The Balaban J connectivity index is 1.68. The molecule has 7 rings (SSSR count). The molecular weight excluding hydrogens is 482 g/mol. The standard InChI is InChI=1S/C27H22BrNO4/c1-32-26(33-2)27-19-12-5-3-10-17(19)21(18-11-4-6-13-20(18)27)22-23(27)25(31)29(24(22)30)16-9-7-8-15(28)14-16/h3-14,21-23,26H,1-2H3/t21?,22-,23-,27?/m1/s1. The third-order valence-corrected chi connectivity index (χ3v) is 8.04. The Bertz CT molecular complexity index is 1250. The van der Waals surface area contributed by atoms with E-state index >= 15 is 0 Å². The summed E-state index contributed by atoms with van der Waals surface area (Å²) in [5.41, 5.74) is 3.76. The fourth-order valence-corrected chi connectivity index (χ4v) is 6.96. The highest BCUT2D eigenvalue weighted by molar-refractivity contribution is 9.10. The summed E-state index contributed by atoms with van der Waals surface area (Å²) in [7, 11) is 3.19. The first kappa shape index (κ1) is 20.8. The van der Waals surface area contributed by atoms with Crippen LogP contribution in [0.3, 0.4) is 0 Å². The summed E-state index contributed by atoms with van der Waals surface area (Å²) in [6.07, 6.45) is -0.743. The number of benzene rings is 3. The fourth-order valence-electron chi connectivity index (χ4n) is 6.57. The SMILES string of the molecule is COC(OC)C12c3ccccc3C(c3ccccc31)[C@H]1C(=O)N(c3cccc(Br)c3)C(=O)[C@@H]12. The maximum atomic E-state index is 14.2. The molecule has 3 aromatic rings. The van der Waals surface area contributed by atoms with Crippen LogP contribution in [0.5, 0.6) is 0 Å². The van der Waals surface area contributed by atoms with Gasteiger partial charge in [-0.25, -0.2) is 4.90 Å². The molecule has 0 saturated carbocycles. The number of halogens is 1. The molecule has 0 N–H and O–H groups in total. The van der Waals surface area contributed by atoms with E-state index in [4.69, 9.17) is 9.47 Å². The molecule has 2 atom stereocenters. The lowest BCUT2D eigenvalue weighted by Gasteiger charge is -2.56. The van der Waals surface area contributed by atoms with Gasteiger partial charge < -0.3 is 9.47 Å². The normalized spacial score (nSPS) is 27.0. The lowest BCUT2D eigenvalue weighted by atomic mass is 9.47. The van der Waals surface area contributed by atoms with Crippen molar-refractivity contribution in [2.75, 3.05) is 19.1 Å². The van der Waals surface area contributed by atoms with Crippen LogP contribution in [0.1, 0.15) is 28.2 Å². The monoisotopic (exact) mass is 503 g/mol. The van der Waals surface area contributed by atoms with Crippen molar-refractivity contribution in [3.63, 3.8) is 0 Å². The lowest BCUT2D eigenvalue weighted by Crippen LogP contribution is -2.60. The minimum atomic E-state index is -0.941. The van der Waals surface area contributed by atoms with Gasteiger partial charge in [-0.05, 0) is 40.5 Å². The molecule has 1 heterocycles. The van der Waals surface area contributed by atoms with Crippen molar-refractivity contribution < 1.29 is 19.1 Å². The predicted molar refractivity (Wildman–Crippen MR) is 127 cm³/mol. The summed E-state index contributed by atoms with van der Waals surface area (Å²) >= 11 is 3.48. The smallest absolute Gasteiger partial charge is 0.239 e. The zero-order valence-corrected chi connectivity index (χ0v) is 19.8. The molecule has 5 nitrogen and oxygen atoms in total. The van der Waals surface area contributed by atoms with Crippen LogP contribution in [-0.4, -0.2) is 32.3 Å². The summed E-state index contributed by atoms with van der Waals surface area (Å²) in [6, 6.07) is 23.5. The van der Waals surface area contributed by atoms with Gasteiger partial charge >= 0.3 is 0 Å². The molecule has 166 valence electrons. The summed E-state index contributed by atoms with van der Waals surface area (Å²) < 4.78 is 12.6. The topological polar surface area (TPSA) is 55.8 Å². The van der Waals surface area contributed by atoms with Gasteiger partial charge in [0, 0.05) is 24.6 Å². The van der Waals surface area contributed by atoms with Crippen molar-refractivity contribution in [1.29, 1.82) is 0 Å². The second kappa shape index (κ2) is 7.35. The summed E-state index contributed by atoms with van der Waals surface area (Å²) in [4.78, 5) is 29.6. The molecule has 6 heteroatoms. The van der Waals surface area contributed by atoms with Crippen LogP contribution >= 0.6 is 15.9 Å². The highest BCUT2D eigenvalue weighted by Gasteiger charge is 2.71. The van der Waals surface area contributed by atoms with Crippen molar-refractivity contribution in [2.45, 2.75) is 17.6 Å². The number of hydrogen-bond acceptors (Lipinski definition) is 4. The van der Waals surface area contributed by atoms with Gasteiger partial charge in [0.15, 0.2) is 6.29 Å². The van der Waals surface area contributed by atoms with Crippen LogP contribution in [0.2, 0.25) is 0 Å². The molecule has 1 aliphatic heterocycles. The number of ether oxygens (including phenoxy) is 2. The first-order valence-electron chi connectivity index (χ1n) is 10.9. The van der Waals surface area contributed by atoms with Gasteiger partial charge in [-0.2, -0.15) is 0 Å². The number of imide groups is 1. The number of nitrogens with zero attached hydrogens (tertiary/aromatic N) is 1. The molecule has 2 amide bonds. The van der Waals surface area contributed by atoms with Crippen molar-refractivity contribution in [2.24, 2.45) is 11.8 Å². The number of carbonyl (C=O) groups excluding carboxylic acids is 2. The molecule has 3 aliphatic carbocycles. The second-order valence-electron chi connectivity index (χ2n) is 8.82. The molecule has 2 bridgehead atoms. The maximum absolute atomic E-state index is 14.2. The predicted octanol–water partition coefficient (Wildman–Crippen LogP) is 4.62. The van der Waals surface area contributed by atoms with Crippen LogP contribution in [0.15, 0.2) is 77.3 Å². The molecule has 0 spiro atoms. The quantitative estimate of drug-likeness (QED) is 0.385. The minimum Gasteiger partial charge on any atom is -0.355 e. The van der Waals surface area contributed by atoms with E-state index in [0.29, 0.717) is 5.69 Å². The highest BCUT2D eigenvalue weighted by atomic mass is 79.9. The van der Waals surface area contributed by atoms with E-state index in [2.05, 4.69) is 40.2 Å². The summed E-state index contributed by atoms with van der Waals surface area (Å²) in [5, 5.41) is 0. The average Bonchev–Trinajstić information content (AvgIpc) is 3.11. The molecule has 1 fully saturated rings. The number of anilines is 1. The van der Waals surface area contributed by atoms with E-state index in [9.17, 15) is 9.59 Å². The molecule has 4 aliphatic rings. The van der Waals surface area contributed by atoms with Crippen LogP contribution in [-0.2, 0) is 24.5 Å². The van der Waals surface area contributed by atoms with E-state index in [1.807, 2.05) is 42.5 Å². The first-order chi connectivity index (χ1) is 16.1. The number of hydrogen-bond donors (Lipinski definition) is 0. The third-order valence-electron chi connectivity index (χ3n) is 7.55. The van der Waals surface area contributed by atoms with Crippen LogP contribution in [0.25, 0.3) is 0 Å². The van der Waals surface area contributed by atoms with E-state index < -0.39 is 23.5 Å². The molecule has 0 aromatic heterocycles. The average molecular weight is 504 g/mol. The Hall–Kier alpha value is -2.80. The molecule has 33 heavy (non-hydrogen) atoms. The zero-order valence-electron chi connectivity index (χ0n) is 18.2. The number of carbonyl (C=O) groups is 2. The molecular formula is C27H22BrNO4. The number of amides is 2. The van der Waals surface area contributed by atoms with E-state index in [-0.39, 0.29) is 17.7 Å². The molecule has 3 aromatic carbocycles. The maximum Gasteiger partial charge on any atom is 0.239 e. The Morgan fingerprint density at radius 3 is 2.03 bits per heavy atom. The zero-order chi connectivity index (χ0) is 22.9. The van der Waals surface area contributed by atoms with Gasteiger partial charge in [0.05, 0.1) is 22.9 Å². The largest absolute Gasteiger partial charge is 0.355 e.